The van der Waals surface area contributed by atoms with Crippen LogP contribution in [0.2, 0.25) is 6.04 Å². The van der Waals surface area contributed by atoms with Gasteiger partial charge in [-0.25, -0.2) is 0 Å². The van der Waals surface area contributed by atoms with Crippen molar-refractivity contribution in [2.75, 3.05) is 5.75 Å². The number of allylic oxidation sites excluding steroid dienone is 2. The summed E-state index contributed by atoms with van der Waals surface area (Å²) in [6.07, 6.45) is 1.40. The summed E-state index contributed by atoms with van der Waals surface area (Å²) in [5, 5.41) is 0. The Kier molecular flexibility index (Phi) is 6.23. The molecule has 0 rings (SSSR count). The monoisotopic (exact) mass is 174 g/mol. The Labute approximate surface area is 71.9 Å². The van der Waals surface area contributed by atoms with E-state index in [4.69, 9.17) is 0 Å². The molecule has 0 radical (unpaired) electrons. The third-order valence-electron chi connectivity index (χ3n) is 1.52. The van der Waals surface area contributed by atoms with Crippen molar-refractivity contribution in [1.82, 2.24) is 0 Å². The lowest BCUT2D eigenvalue weighted by Gasteiger charge is -2.01. The second-order valence-electron chi connectivity index (χ2n) is 2.76. The topological polar surface area (TPSA) is 0 Å². The van der Waals surface area contributed by atoms with Gasteiger partial charge in [-0.2, -0.15) is 0 Å². The number of hydrogen-bond acceptors (Lipinski definition) is 1. The zero-order chi connectivity index (χ0) is 7.98. The first-order valence-electron chi connectivity index (χ1n) is 3.95. The van der Waals surface area contributed by atoms with Crippen molar-refractivity contribution >= 4 is 22.0 Å². The van der Waals surface area contributed by atoms with E-state index in [1.807, 2.05) is 11.8 Å². The summed E-state index contributed by atoms with van der Waals surface area (Å²) in [4.78, 5) is 1.51. The molecule has 0 fully saturated rings. The summed E-state index contributed by atoms with van der Waals surface area (Å²) in [5.74, 6) is 1.32. The van der Waals surface area contributed by atoms with Crippen molar-refractivity contribution in [2.45, 2.75) is 33.2 Å². The molecule has 0 atom stereocenters. The summed E-state index contributed by atoms with van der Waals surface area (Å²) in [6, 6.07) is 1.45. The van der Waals surface area contributed by atoms with E-state index in [1.165, 1.54) is 38.9 Å². The maximum absolute atomic E-state index is 2.22. The van der Waals surface area contributed by atoms with Gasteiger partial charge in [0.05, 0.1) is 0 Å². The van der Waals surface area contributed by atoms with Gasteiger partial charge in [0.15, 0.2) is 0 Å². The molecule has 0 spiro atoms. The molecule has 0 N–H and O–H groups in total. The zero-order valence-corrected chi connectivity index (χ0v) is 10.3. The Balaban J connectivity index is 3.40. The predicted octanol–water partition coefficient (Wildman–Crippen LogP) is 2.21. The van der Waals surface area contributed by atoms with Gasteiger partial charge in [0.1, 0.15) is 0 Å². The van der Waals surface area contributed by atoms with E-state index < -0.39 is 0 Å². The van der Waals surface area contributed by atoms with Gasteiger partial charge in [-0.1, -0.05) is 11.6 Å². The van der Waals surface area contributed by atoms with Crippen LogP contribution in [0.15, 0.2) is 10.5 Å². The van der Waals surface area contributed by atoms with Crippen molar-refractivity contribution in [3.05, 3.63) is 10.5 Å². The van der Waals surface area contributed by atoms with Crippen molar-refractivity contribution in [3.8, 4) is 0 Å². The molecular formula is C8H18SSi. The molecule has 0 aromatic rings. The second kappa shape index (κ2) is 6.05. The fraction of sp³-hybridized carbons (Fsp3) is 0.750. The van der Waals surface area contributed by atoms with E-state index in [2.05, 4.69) is 20.8 Å². The first kappa shape index (κ1) is 10.3. The van der Waals surface area contributed by atoms with Crippen LogP contribution in [0.3, 0.4) is 0 Å². The third kappa shape index (κ3) is 5.12. The molecule has 0 saturated carbocycles. The summed E-state index contributed by atoms with van der Waals surface area (Å²) >= 11 is 2.01. The summed E-state index contributed by atoms with van der Waals surface area (Å²) in [7, 11) is 1.37. The molecule has 0 bridgehead atoms. The molecule has 0 nitrogen and oxygen atoms in total. The maximum Gasteiger partial charge on any atom is 0.00283 e. The molecular weight excluding hydrogens is 156 g/mol. The van der Waals surface area contributed by atoms with E-state index in [0.29, 0.717) is 0 Å². The Morgan fingerprint density at radius 2 is 1.90 bits per heavy atom. The van der Waals surface area contributed by atoms with Crippen LogP contribution in [0.25, 0.3) is 0 Å². The van der Waals surface area contributed by atoms with Crippen molar-refractivity contribution in [3.63, 3.8) is 0 Å². The van der Waals surface area contributed by atoms with Crippen LogP contribution in [0.4, 0.5) is 0 Å². The Hall–Kier alpha value is 0.307. The highest BCUT2D eigenvalue weighted by Crippen LogP contribution is 2.19. The van der Waals surface area contributed by atoms with Crippen LogP contribution >= 0.6 is 11.8 Å². The van der Waals surface area contributed by atoms with E-state index >= 15 is 0 Å². The molecule has 0 unspecified atom stereocenters. The lowest BCUT2D eigenvalue weighted by Crippen LogP contribution is -1.80. The van der Waals surface area contributed by atoms with Gasteiger partial charge in [0.25, 0.3) is 0 Å². The number of thioether (sulfide) groups is 1. The molecule has 0 aromatic heterocycles. The highest BCUT2D eigenvalue weighted by atomic mass is 32.2. The average molecular weight is 174 g/mol. The normalized spacial score (nSPS) is 9.90. The van der Waals surface area contributed by atoms with Crippen molar-refractivity contribution in [2.24, 2.45) is 0 Å². The Morgan fingerprint density at radius 1 is 1.30 bits per heavy atom. The van der Waals surface area contributed by atoms with Crippen molar-refractivity contribution in [1.29, 1.82) is 0 Å². The average Bonchev–Trinajstić information content (AvgIpc) is 1.88. The van der Waals surface area contributed by atoms with Crippen LogP contribution < -0.4 is 0 Å². The standard InChI is InChI=1S/C8H18SSi/c1-7(2)8(3)9-5-4-6-10/h4-6H2,1-3,10H3. The van der Waals surface area contributed by atoms with Crippen LogP contribution in [0.1, 0.15) is 27.2 Å². The zero-order valence-electron chi connectivity index (χ0n) is 7.53. The van der Waals surface area contributed by atoms with E-state index in [9.17, 15) is 0 Å². The SMILES string of the molecule is CC(C)=C(C)SCCC[SiH3]. The summed E-state index contributed by atoms with van der Waals surface area (Å²) in [5.41, 5.74) is 1.47. The van der Waals surface area contributed by atoms with E-state index in [-0.39, 0.29) is 0 Å². The van der Waals surface area contributed by atoms with Gasteiger partial charge in [-0.05, 0) is 37.9 Å². The van der Waals surface area contributed by atoms with E-state index in [0.717, 1.165) is 0 Å². The first-order chi connectivity index (χ1) is 4.68. The third-order valence-corrected chi connectivity index (χ3v) is 3.56. The van der Waals surface area contributed by atoms with Gasteiger partial charge in [0, 0.05) is 10.2 Å². The molecule has 0 aliphatic rings. The van der Waals surface area contributed by atoms with Crippen LogP contribution in [-0.2, 0) is 0 Å². The predicted molar refractivity (Wildman–Crippen MR) is 55.9 cm³/mol. The largest absolute Gasteiger partial charge is 0.131 e. The van der Waals surface area contributed by atoms with Gasteiger partial charge in [-0.3, -0.25) is 0 Å². The fourth-order valence-electron chi connectivity index (χ4n) is 0.514. The van der Waals surface area contributed by atoms with Crippen molar-refractivity contribution < 1.29 is 0 Å². The van der Waals surface area contributed by atoms with E-state index in [1.54, 1.807) is 0 Å². The molecule has 0 amide bonds. The molecule has 0 aliphatic carbocycles. The van der Waals surface area contributed by atoms with Crippen LogP contribution in [0, 0.1) is 0 Å². The van der Waals surface area contributed by atoms with Gasteiger partial charge in [0.2, 0.25) is 0 Å². The minimum atomic E-state index is 1.32. The Morgan fingerprint density at radius 3 is 2.30 bits per heavy atom. The van der Waals surface area contributed by atoms with Crippen LogP contribution in [-0.4, -0.2) is 16.0 Å². The lowest BCUT2D eigenvalue weighted by atomic mass is 10.3. The molecule has 0 aliphatic heterocycles. The molecule has 60 valence electrons. The molecule has 0 aromatic carbocycles. The molecule has 0 saturated heterocycles. The molecule has 2 heteroatoms. The van der Waals surface area contributed by atoms with Gasteiger partial charge < -0.3 is 0 Å². The highest BCUT2D eigenvalue weighted by Gasteiger charge is 1.91. The quantitative estimate of drug-likeness (QED) is 0.465. The molecule has 10 heavy (non-hydrogen) atoms. The van der Waals surface area contributed by atoms with Gasteiger partial charge in [-0.15, -0.1) is 11.8 Å². The summed E-state index contributed by atoms with van der Waals surface area (Å²) < 4.78 is 0. The lowest BCUT2D eigenvalue weighted by molar-refractivity contribution is 1.10. The number of rotatable bonds is 4. The maximum atomic E-state index is 2.22. The smallest absolute Gasteiger partial charge is 0.00283 e. The minimum Gasteiger partial charge on any atom is -0.131 e. The Bertz CT molecular complexity index is 114. The van der Waals surface area contributed by atoms with Gasteiger partial charge >= 0.3 is 0 Å². The summed E-state index contributed by atoms with van der Waals surface area (Å²) in [6.45, 7) is 6.58. The van der Waals surface area contributed by atoms with Crippen LogP contribution in [0.5, 0.6) is 0 Å². The minimum absolute atomic E-state index is 1.32. The second-order valence-corrected chi connectivity index (χ2v) is 5.07. The number of hydrogen-bond donors (Lipinski definition) is 0. The fourth-order valence-corrected chi connectivity index (χ4v) is 2.41. The highest BCUT2D eigenvalue weighted by molar-refractivity contribution is 8.03. The first-order valence-corrected chi connectivity index (χ1v) is 6.35. The molecule has 0 heterocycles.